The first-order valence-electron chi connectivity index (χ1n) is 9.25. The van der Waals surface area contributed by atoms with E-state index in [4.69, 9.17) is 4.42 Å². The van der Waals surface area contributed by atoms with E-state index in [9.17, 15) is 14.4 Å². The fourth-order valence-corrected chi connectivity index (χ4v) is 3.09. The SMILES string of the molecule is CC(=O)N1CCC(C(=O)Nc2ccc(NC(=O)NCc3ccco3)cc2)CC1. The van der Waals surface area contributed by atoms with Crippen molar-refractivity contribution in [1.82, 2.24) is 10.2 Å². The fourth-order valence-electron chi connectivity index (χ4n) is 3.09. The summed E-state index contributed by atoms with van der Waals surface area (Å²) >= 11 is 0. The topological polar surface area (TPSA) is 104 Å². The third-order valence-corrected chi connectivity index (χ3v) is 4.72. The summed E-state index contributed by atoms with van der Waals surface area (Å²) in [4.78, 5) is 37.4. The molecule has 3 N–H and O–H groups in total. The number of nitrogens with one attached hydrogen (secondary N) is 3. The maximum Gasteiger partial charge on any atom is 0.319 e. The molecule has 0 bridgehead atoms. The van der Waals surface area contributed by atoms with Gasteiger partial charge in [0, 0.05) is 37.3 Å². The van der Waals surface area contributed by atoms with Crippen LogP contribution in [0, 0.1) is 5.92 Å². The molecule has 3 rings (SSSR count). The summed E-state index contributed by atoms with van der Waals surface area (Å²) in [6.07, 6.45) is 2.89. The van der Waals surface area contributed by atoms with Gasteiger partial charge in [0.25, 0.3) is 0 Å². The Morgan fingerprint density at radius 3 is 2.25 bits per heavy atom. The predicted octanol–water partition coefficient (Wildman–Crippen LogP) is 2.80. The average Bonchev–Trinajstić information content (AvgIpc) is 3.21. The van der Waals surface area contributed by atoms with Crippen molar-refractivity contribution < 1.29 is 18.8 Å². The average molecular weight is 384 g/mol. The molecule has 1 fully saturated rings. The zero-order valence-electron chi connectivity index (χ0n) is 15.7. The number of hydrogen-bond acceptors (Lipinski definition) is 4. The lowest BCUT2D eigenvalue weighted by molar-refractivity contribution is -0.132. The van der Waals surface area contributed by atoms with E-state index in [-0.39, 0.29) is 23.8 Å². The van der Waals surface area contributed by atoms with Crippen LogP contribution in [0.5, 0.6) is 0 Å². The maximum absolute atomic E-state index is 12.4. The Kier molecular flexibility index (Phi) is 6.31. The van der Waals surface area contributed by atoms with E-state index in [0.717, 1.165) is 0 Å². The van der Waals surface area contributed by atoms with Crippen LogP contribution < -0.4 is 16.0 Å². The van der Waals surface area contributed by atoms with E-state index in [2.05, 4.69) is 16.0 Å². The van der Waals surface area contributed by atoms with Gasteiger partial charge in [0.1, 0.15) is 5.76 Å². The molecule has 4 amide bonds. The Morgan fingerprint density at radius 2 is 1.68 bits per heavy atom. The molecule has 0 spiro atoms. The largest absolute Gasteiger partial charge is 0.467 e. The van der Waals surface area contributed by atoms with Gasteiger partial charge in [0.2, 0.25) is 11.8 Å². The smallest absolute Gasteiger partial charge is 0.319 e. The monoisotopic (exact) mass is 384 g/mol. The summed E-state index contributed by atoms with van der Waals surface area (Å²) < 4.78 is 5.15. The molecular formula is C20H24N4O4. The highest BCUT2D eigenvalue weighted by atomic mass is 16.3. The fraction of sp³-hybridized carbons (Fsp3) is 0.350. The van der Waals surface area contributed by atoms with Crippen LogP contribution in [-0.2, 0) is 16.1 Å². The van der Waals surface area contributed by atoms with Gasteiger partial charge in [-0.2, -0.15) is 0 Å². The van der Waals surface area contributed by atoms with Gasteiger partial charge >= 0.3 is 6.03 Å². The molecule has 1 aliphatic heterocycles. The molecule has 1 aromatic carbocycles. The first kappa shape index (κ1) is 19.5. The molecule has 1 saturated heterocycles. The van der Waals surface area contributed by atoms with Crippen molar-refractivity contribution in [2.24, 2.45) is 5.92 Å². The summed E-state index contributed by atoms with van der Waals surface area (Å²) in [7, 11) is 0. The Bertz CT molecular complexity index is 809. The minimum absolute atomic E-state index is 0.0416. The number of likely N-dealkylation sites (tertiary alicyclic amines) is 1. The molecule has 28 heavy (non-hydrogen) atoms. The highest BCUT2D eigenvalue weighted by Gasteiger charge is 2.25. The Hall–Kier alpha value is -3.29. The quantitative estimate of drug-likeness (QED) is 0.737. The van der Waals surface area contributed by atoms with Crippen LogP contribution in [0.4, 0.5) is 16.2 Å². The van der Waals surface area contributed by atoms with E-state index >= 15 is 0 Å². The molecule has 148 valence electrons. The Balaban J connectivity index is 1.44. The summed E-state index contributed by atoms with van der Waals surface area (Å²) in [6.45, 7) is 3.08. The normalized spacial score (nSPS) is 14.4. The number of carbonyl (C=O) groups is 3. The third-order valence-electron chi connectivity index (χ3n) is 4.72. The number of benzene rings is 1. The number of carbonyl (C=O) groups excluding carboxylic acids is 3. The van der Waals surface area contributed by atoms with Crippen molar-refractivity contribution >= 4 is 29.2 Å². The van der Waals surface area contributed by atoms with Crippen molar-refractivity contribution in [1.29, 1.82) is 0 Å². The predicted molar refractivity (Wildman–Crippen MR) is 105 cm³/mol. The lowest BCUT2D eigenvalue weighted by Crippen LogP contribution is -2.40. The van der Waals surface area contributed by atoms with Gasteiger partial charge < -0.3 is 25.3 Å². The van der Waals surface area contributed by atoms with Gasteiger partial charge in [-0.05, 0) is 49.2 Å². The summed E-state index contributed by atoms with van der Waals surface area (Å²) in [5.41, 5.74) is 1.28. The molecule has 2 heterocycles. The molecule has 8 heteroatoms. The van der Waals surface area contributed by atoms with Gasteiger partial charge in [0.05, 0.1) is 12.8 Å². The standard InChI is InChI=1S/C20H24N4O4/c1-14(25)24-10-8-15(9-11-24)19(26)22-16-4-6-17(7-5-16)23-20(27)21-13-18-3-2-12-28-18/h2-7,12,15H,8-11,13H2,1H3,(H,22,26)(H2,21,23,27). The van der Waals surface area contributed by atoms with Crippen LogP contribution in [0.15, 0.2) is 47.1 Å². The lowest BCUT2D eigenvalue weighted by Gasteiger charge is -2.30. The zero-order chi connectivity index (χ0) is 19.9. The molecule has 8 nitrogen and oxygen atoms in total. The Labute approximate surface area is 163 Å². The number of nitrogens with zero attached hydrogens (tertiary/aromatic N) is 1. The van der Waals surface area contributed by atoms with Gasteiger partial charge in [-0.1, -0.05) is 0 Å². The van der Waals surface area contributed by atoms with Gasteiger partial charge in [-0.25, -0.2) is 4.79 Å². The van der Waals surface area contributed by atoms with E-state index in [0.29, 0.717) is 49.6 Å². The van der Waals surface area contributed by atoms with Crippen molar-refractivity contribution in [3.63, 3.8) is 0 Å². The van der Waals surface area contributed by atoms with Crippen LogP contribution in [0.25, 0.3) is 0 Å². The van der Waals surface area contributed by atoms with Gasteiger partial charge in [0.15, 0.2) is 0 Å². The highest BCUT2D eigenvalue weighted by molar-refractivity contribution is 5.93. The number of rotatable bonds is 5. The zero-order valence-corrected chi connectivity index (χ0v) is 15.7. The molecule has 2 aromatic rings. The number of piperidine rings is 1. The maximum atomic E-state index is 12.4. The van der Waals surface area contributed by atoms with E-state index in [1.165, 1.54) is 0 Å². The van der Waals surface area contributed by atoms with Crippen molar-refractivity contribution in [2.45, 2.75) is 26.3 Å². The molecule has 0 unspecified atom stereocenters. The third kappa shape index (κ3) is 5.35. The Morgan fingerprint density at radius 1 is 1.04 bits per heavy atom. The van der Waals surface area contributed by atoms with E-state index in [1.54, 1.807) is 54.5 Å². The summed E-state index contributed by atoms with van der Waals surface area (Å²) in [5.74, 6) is 0.582. The number of urea groups is 1. The number of furan rings is 1. The van der Waals surface area contributed by atoms with Crippen molar-refractivity contribution in [2.75, 3.05) is 23.7 Å². The molecule has 0 aliphatic carbocycles. The highest BCUT2D eigenvalue weighted by Crippen LogP contribution is 2.20. The van der Waals surface area contributed by atoms with Crippen LogP contribution >= 0.6 is 0 Å². The number of amides is 4. The van der Waals surface area contributed by atoms with Crippen LogP contribution in [-0.4, -0.2) is 35.8 Å². The minimum atomic E-state index is -0.342. The van der Waals surface area contributed by atoms with Crippen LogP contribution in [0.3, 0.4) is 0 Å². The molecule has 0 radical (unpaired) electrons. The first-order chi connectivity index (χ1) is 13.5. The van der Waals surface area contributed by atoms with Gasteiger partial charge in [-0.15, -0.1) is 0 Å². The van der Waals surface area contributed by atoms with Crippen LogP contribution in [0.1, 0.15) is 25.5 Å². The van der Waals surface area contributed by atoms with Crippen molar-refractivity contribution in [3.05, 3.63) is 48.4 Å². The van der Waals surface area contributed by atoms with E-state index in [1.807, 2.05) is 0 Å². The molecule has 1 aromatic heterocycles. The first-order valence-corrected chi connectivity index (χ1v) is 9.25. The molecule has 1 aliphatic rings. The van der Waals surface area contributed by atoms with E-state index < -0.39 is 0 Å². The molecule has 0 atom stereocenters. The minimum Gasteiger partial charge on any atom is -0.467 e. The number of hydrogen-bond donors (Lipinski definition) is 3. The van der Waals surface area contributed by atoms with Crippen molar-refractivity contribution in [3.8, 4) is 0 Å². The van der Waals surface area contributed by atoms with Crippen LogP contribution in [0.2, 0.25) is 0 Å². The summed E-state index contributed by atoms with van der Waals surface area (Å²) in [6, 6.07) is 10.1. The lowest BCUT2D eigenvalue weighted by atomic mass is 9.96. The van der Waals surface area contributed by atoms with Gasteiger partial charge in [-0.3, -0.25) is 9.59 Å². The second kappa shape index (κ2) is 9.07. The molecule has 0 saturated carbocycles. The molecular weight excluding hydrogens is 360 g/mol. The summed E-state index contributed by atoms with van der Waals surface area (Å²) in [5, 5.41) is 8.31. The second-order valence-electron chi connectivity index (χ2n) is 6.73. The second-order valence-corrected chi connectivity index (χ2v) is 6.73. The number of anilines is 2.